The number of pyridine rings is 1. The summed E-state index contributed by atoms with van der Waals surface area (Å²) < 4.78 is 19.2. The van der Waals surface area contributed by atoms with Crippen LogP contribution in [0.15, 0.2) is 42.7 Å². The van der Waals surface area contributed by atoms with Crippen molar-refractivity contribution in [2.24, 2.45) is 0 Å². The Labute approximate surface area is 119 Å². The maximum Gasteiger partial charge on any atom is 0.137 e. The maximum atomic E-state index is 13.2. The van der Waals surface area contributed by atoms with Gasteiger partial charge in [0, 0.05) is 21.3 Å². The van der Waals surface area contributed by atoms with Gasteiger partial charge in [0.15, 0.2) is 0 Å². The normalized spacial score (nSPS) is 12.6. The number of aliphatic hydroxyl groups excluding tert-OH is 1. The Kier molecular flexibility index (Phi) is 3.38. The van der Waals surface area contributed by atoms with Crippen LogP contribution in [0.2, 0.25) is 0 Å². The van der Waals surface area contributed by atoms with Crippen molar-refractivity contribution in [3.8, 4) is 5.75 Å². The van der Waals surface area contributed by atoms with Crippen LogP contribution in [0.3, 0.4) is 0 Å². The second kappa shape index (κ2) is 5.19. The van der Waals surface area contributed by atoms with Crippen LogP contribution in [0.4, 0.5) is 4.39 Å². The minimum atomic E-state index is -0.793. The molecule has 0 fully saturated rings. The first kappa shape index (κ1) is 13.0. The number of benzene rings is 1. The fourth-order valence-corrected chi connectivity index (χ4v) is 3.09. The first-order valence-corrected chi connectivity index (χ1v) is 6.85. The van der Waals surface area contributed by atoms with Crippen LogP contribution in [0.25, 0.3) is 10.1 Å². The van der Waals surface area contributed by atoms with Gasteiger partial charge in [-0.3, -0.25) is 4.98 Å². The van der Waals surface area contributed by atoms with Crippen molar-refractivity contribution in [1.82, 2.24) is 4.98 Å². The number of aliphatic hydroxyl groups is 1. The SMILES string of the molecule is COc1cncc(C(O)c2cc3cc(F)ccc3s2)c1. The maximum absolute atomic E-state index is 13.2. The highest BCUT2D eigenvalue weighted by molar-refractivity contribution is 7.19. The van der Waals surface area contributed by atoms with Crippen LogP contribution >= 0.6 is 11.3 Å². The van der Waals surface area contributed by atoms with Crippen LogP contribution < -0.4 is 4.74 Å². The summed E-state index contributed by atoms with van der Waals surface area (Å²) in [5.74, 6) is 0.313. The van der Waals surface area contributed by atoms with E-state index in [4.69, 9.17) is 4.74 Å². The summed E-state index contributed by atoms with van der Waals surface area (Å²) >= 11 is 1.44. The highest BCUT2D eigenvalue weighted by Gasteiger charge is 2.15. The van der Waals surface area contributed by atoms with Crippen LogP contribution in [-0.4, -0.2) is 17.2 Å². The molecule has 5 heteroatoms. The predicted molar refractivity (Wildman–Crippen MR) is 76.6 cm³/mol. The van der Waals surface area contributed by atoms with Crippen molar-refractivity contribution in [2.45, 2.75) is 6.10 Å². The molecule has 0 bridgehead atoms. The monoisotopic (exact) mass is 289 g/mol. The highest BCUT2D eigenvalue weighted by atomic mass is 32.1. The van der Waals surface area contributed by atoms with Gasteiger partial charge in [-0.15, -0.1) is 11.3 Å². The molecule has 1 N–H and O–H groups in total. The number of aromatic nitrogens is 1. The Balaban J connectivity index is 2.00. The van der Waals surface area contributed by atoms with Gasteiger partial charge < -0.3 is 9.84 Å². The zero-order chi connectivity index (χ0) is 14.1. The zero-order valence-electron chi connectivity index (χ0n) is 10.7. The second-order valence-corrected chi connectivity index (χ2v) is 5.51. The van der Waals surface area contributed by atoms with E-state index in [0.29, 0.717) is 11.3 Å². The summed E-state index contributed by atoms with van der Waals surface area (Å²) in [6.45, 7) is 0. The number of methoxy groups -OCH3 is 1. The number of halogens is 1. The fraction of sp³-hybridized carbons (Fsp3) is 0.133. The van der Waals surface area contributed by atoms with E-state index in [2.05, 4.69) is 4.98 Å². The molecule has 0 spiro atoms. The topological polar surface area (TPSA) is 42.4 Å². The molecule has 2 heterocycles. The molecule has 0 amide bonds. The summed E-state index contributed by atoms with van der Waals surface area (Å²) in [7, 11) is 1.55. The molecule has 1 unspecified atom stereocenters. The fourth-order valence-electron chi connectivity index (χ4n) is 2.03. The summed E-state index contributed by atoms with van der Waals surface area (Å²) in [5, 5.41) is 11.2. The van der Waals surface area contributed by atoms with E-state index in [0.717, 1.165) is 15.0 Å². The number of hydrogen-bond acceptors (Lipinski definition) is 4. The van der Waals surface area contributed by atoms with E-state index in [1.165, 1.54) is 23.5 Å². The van der Waals surface area contributed by atoms with Gasteiger partial charge >= 0.3 is 0 Å². The van der Waals surface area contributed by atoms with E-state index in [1.807, 2.05) is 0 Å². The molecule has 1 atom stereocenters. The molecule has 3 aromatic rings. The Morgan fingerprint density at radius 3 is 2.90 bits per heavy atom. The number of fused-ring (bicyclic) bond motifs is 1. The van der Waals surface area contributed by atoms with Crippen molar-refractivity contribution in [3.63, 3.8) is 0 Å². The lowest BCUT2D eigenvalue weighted by Gasteiger charge is -2.09. The Bertz CT molecular complexity index is 756. The van der Waals surface area contributed by atoms with Crippen molar-refractivity contribution in [1.29, 1.82) is 0 Å². The third-order valence-corrected chi connectivity index (χ3v) is 4.22. The standard InChI is InChI=1S/C15H12FNO2S/c1-19-12-5-10(7-17-8-12)15(18)14-6-9-4-11(16)2-3-13(9)20-14/h2-8,15,18H,1H3. The average molecular weight is 289 g/mol. The van der Waals surface area contributed by atoms with Gasteiger partial charge in [-0.2, -0.15) is 0 Å². The molecule has 0 saturated carbocycles. The number of ether oxygens (including phenoxy) is 1. The smallest absolute Gasteiger partial charge is 0.137 e. The lowest BCUT2D eigenvalue weighted by atomic mass is 10.1. The van der Waals surface area contributed by atoms with Crippen molar-refractivity contribution < 1.29 is 14.2 Å². The predicted octanol–water partition coefficient (Wildman–Crippen LogP) is 3.53. The summed E-state index contributed by atoms with van der Waals surface area (Å²) in [6, 6.07) is 8.14. The Morgan fingerprint density at radius 2 is 2.10 bits per heavy atom. The number of thiophene rings is 1. The minimum absolute atomic E-state index is 0.278. The molecule has 0 aliphatic carbocycles. The van der Waals surface area contributed by atoms with Gasteiger partial charge in [-0.1, -0.05) is 0 Å². The Morgan fingerprint density at radius 1 is 1.25 bits per heavy atom. The molecule has 0 radical (unpaired) electrons. The van der Waals surface area contributed by atoms with Gasteiger partial charge in [-0.05, 0) is 35.7 Å². The van der Waals surface area contributed by atoms with E-state index in [-0.39, 0.29) is 5.82 Å². The Hall–Kier alpha value is -1.98. The van der Waals surface area contributed by atoms with Gasteiger partial charge in [0.1, 0.15) is 17.7 Å². The van der Waals surface area contributed by atoms with Crippen LogP contribution in [-0.2, 0) is 0 Å². The average Bonchev–Trinajstić information content (AvgIpc) is 2.89. The van der Waals surface area contributed by atoms with Crippen molar-refractivity contribution in [3.05, 3.63) is 59.0 Å². The quantitative estimate of drug-likeness (QED) is 0.802. The third-order valence-electron chi connectivity index (χ3n) is 3.05. The van der Waals surface area contributed by atoms with E-state index in [9.17, 15) is 9.50 Å². The van der Waals surface area contributed by atoms with Gasteiger partial charge in [0.2, 0.25) is 0 Å². The molecule has 3 nitrogen and oxygen atoms in total. The molecule has 20 heavy (non-hydrogen) atoms. The zero-order valence-corrected chi connectivity index (χ0v) is 11.5. The molecule has 0 aliphatic rings. The number of nitrogens with zero attached hydrogens (tertiary/aromatic N) is 1. The van der Waals surface area contributed by atoms with Gasteiger partial charge in [-0.25, -0.2) is 4.39 Å². The first-order valence-electron chi connectivity index (χ1n) is 6.03. The van der Waals surface area contributed by atoms with Crippen LogP contribution in [0.5, 0.6) is 5.75 Å². The molecule has 3 rings (SSSR count). The summed E-state index contributed by atoms with van der Waals surface area (Å²) in [6.07, 6.45) is 2.38. The van der Waals surface area contributed by atoms with Gasteiger partial charge in [0.05, 0.1) is 13.3 Å². The van der Waals surface area contributed by atoms with E-state index < -0.39 is 6.10 Å². The lowest BCUT2D eigenvalue weighted by molar-refractivity contribution is 0.223. The largest absolute Gasteiger partial charge is 0.495 e. The van der Waals surface area contributed by atoms with E-state index in [1.54, 1.807) is 37.7 Å². The second-order valence-electron chi connectivity index (χ2n) is 4.39. The molecular weight excluding hydrogens is 277 g/mol. The lowest BCUT2D eigenvalue weighted by Crippen LogP contribution is -1.98. The molecule has 0 saturated heterocycles. The molecule has 102 valence electrons. The molecule has 0 aliphatic heterocycles. The van der Waals surface area contributed by atoms with Crippen LogP contribution in [0.1, 0.15) is 16.5 Å². The molecule has 1 aromatic carbocycles. The highest BCUT2D eigenvalue weighted by Crippen LogP contribution is 2.33. The number of hydrogen-bond donors (Lipinski definition) is 1. The molecule has 2 aromatic heterocycles. The van der Waals surface area contributed by atoms with E-state index >= 15 is 0 Å². The third kappa shape index (κ3) is 2.37. The number of rotatable bonds is 3. The van der Waals surface area contributed by atoms with Gasteiger partial charge in [0.25, 0.3) is 0 Å². The minimum Gasteiger partial charge on any atom is -0.495 e. The molecular formula is C15H12FNO2S. The summed E-state index contributed by atoms with van der Waals surface area (Å²) in [5.41, 5.74) is 0.649. The first-order chi connectivity index (χ1) is 9.67. The van der Waals surface area contributed by atoms with Crippen molar-refractivity contribution >= 4 is 21.4 Å². The van der Waals surface area contributed by atoms with Crippen molar-refractivity contribution in [2.75, 3.05) is 7.11 Å². The summed E-state index contributed by atoms with van der Waals surface area (Å²) in [4.78, 5) is 4.78. The van der Waals surface area contributed by atoms with Crippen LogP contribution in [0, 0.1) is 5.82 Å².